The lowest BCUT2D eigenvalue weighted by Crippen LogP contribution is -2.30. The summed E-state index contributed by atoms with van der Waals surface area (Å²) in [6.45, 7) is 7.27. The van der Waals surface area contributed by atoms with Crippen LogP contribution in [0.2, 0.25) is 0 Å². The summed E-state index contributed by atoms with van der Waals surface area (Å²) in [5.41, 5.74) is 0.0329. The third-order valence-electron chi connectivity index (χ3n) is 3.69. The zero-order chi connectivity index (χ0) is 14.6. The maximum Gasteiger partial charge on any atom is 0.159 e. The van der Waals surface area contributed by atoms with Crippen LogP contribution in [0.5, 0.6) is 0 Å². The number of allylic oxidation sites excluding steroid dienone is 2. The Hall–Kier alpha value is -0.970. The molecule has 0 aromatic carbocycles. The first-order valence-corrected chi connectivity index (χ1v) is 6.67. The molecule has 0 aliphatic heterocycles. The first-order valence-electron chi connectivity index (χ1n) is 6.67. The average molecular weight is 268 g/mol. The lowest BCUT2D eigenvalue weighted by molar-refractivity contribution is -0.297. The lowest BCUT2D eigenvalue weighted by atomic mass is 9.78. The summed E-state index contributed by atoms with van der Waals surface area (Å²) in [5, 5.41) is 18.5. The molecule has 0 fully saturated rings. The monoisotopic (exact) mass is 268 g/mol. The van der Waals surface area contributed by atoms with Gasteiger partial charge in [0, 0.05) is 5.92 Å². The van der Waals surface area contributed by atoms with Gasteiger partial charge in [-0.2, -0.15) is 0 Å². The summed E-state index contributed by atoms with van der Waals surface area (Å²) < 4.78 is 0. The van der Waals surface area contributed by atoms with E-state index in [1.807, 2.05) is 13.0 Å². The van der Waals surface area contributed by atoms with Crippen LogP contribution in [-0.2, 0) is 9.68 Å². The quantitative estimate of drug-likeness (QED) is 0.457. The van der Waals surface area contributed by atoms with Gasteiger partial charge in [0.15, 0.2) is 5.78 Å². The Morgan fingerprint density at radius 3 is 2.79 bits per heavy atom. The first-order chi connectivity index (χ1) is 8.76. The number of carbonyl (C=O) groups is 1. The molecule has 0 amide bonds. The molecular formula is C15H24O4. The second-order valence-corrected chi connectivity index (χ2v) is 5.96. The molecule has 19 heavy (non-hydrogen) atoms. The van der Waals surface area contributed by atoms with E-state index in [-0.39, 0.29) is 17.6 Å². The van der Waals surface area contributed by atoms with Gasteiger partial charge < -0.3 is 5.11 Å². The van der Waals surface area contributed by atoms with E-state index < -0.39 is 11.7 Å². The van der Waals surface area contributed by atoms with Crippen molar-refractivity contribution >= 4 is 5.78 Å². The molecule has 3 atom stereocenters. The van der Waals surface area contributed by atoms with Gasteiger partial charge in [0.1, 0.15) is 5.60 Å². The normalized spacial score (nSPS) is 26.6. The Kier molecular flexibility index (Phi) is 5.47. The summed E-state index contributed by atoms with van der Waals surface area (Å²) in [6, 6.07) is 0. The Labute approximate surface area is 114 Å². The average Bonchev–Trinajstić information content (AvgIpc) is 2.33. The van der Waals surface area contributed by atoms with Crippen LogP contribution in [0.25, 0.3) is 0 Å². The van der Waals surface area contributed by atoms with E-state index in [4.69, 9.17) is 5.26 Å². The molecule has 0 aromatic rings. The standard InChI is InChI=1S/C15H24O4/c1-10(6-5-7-15(3,4)19-18)12-9-13(16)11(2)8-14(12)17/h5,7-8,10,12-13,16,18H,6,9H2,1-4H3/t10-,12+,13+/m1/s1. The number of hydrogen-bond donors (Lipinski definition) is 2. The molecule has 1 aliphatic rings. The van der Waals surface area contributed by atoms with Crippen molar-refractivity contribution in [2.75, 3.05) is 0 Å². The van der Waals surface area contributed by atoms with E-state index in [0.717, 1.165) is 5.57 Å². The van der Waals surface area contributed by atoms with Crippen molar-refractivity contribution in [2.24, 2.45) is 11.8 Å². The van der Waals surface area contributed by atoms with Gasteiger partial charge in [-0.25, -0.2) is 4.89 Å². The van der Waals surface area contributed by atoms with Gasteiger partial charge in [-0.05, 0) is 51.2 Å². The fourth-order valence-corrected chi connectivity index (χ4v) is 2.24. The van der Waals surface area contributed by atoms with Gasteiger partial charge in [-0.1, -0.05) is 19.1 Å². The molecule has 0 saturated heterocycles. The van der Waals surface area contributed by atoms with Crippen molar-refractivity contribution in [1.82, 2.24) is 0 Å². The van der Waals surface area contributed by atoms with E-state index in [9.17, 15) is 9.90 Å². The van der Waals surface area contributed by atoms with E-state index in [1.165, 1.54) is 0 Å². The summed E-state index contributed by atoms with van der Waals surface area (Å²) >= 11 is 0. The van der Waals surface area contributed by atoms with Crippen molar-refractivity contribution in [3.05, 3.63) is 23.8 Å². The van der Waals surface area contributed by atoms with Gasteiger partial charge in [-0.15, -0.1) is 0 Å². The number of carbonyl (C=O) groups excluding carboxylic acids is 1. The fraction of sp³-hybridized carbons (Fsp3) is 0.667. The molecular weight excluding hydrogens is 244 g/mol. The Morgan fingerprint density at radius 1 is 1.58 bits per heavy atom. The Morgan fingerprint density at radius 2 is 2.21 bits per heavy atom. The van der Waals surface area contributed by atoms with E-state index in [1.54, 1.807) is 32.9 Å². The highest BCUT2D eigenvalue weighted by molar-refractivity contribution is 5.93. The van der Waals surface area contributed by atoms with Crippen LogP contribution >= 0.6 is 0 Å². The molecule has 0 bridgehead atoms. The smallest absolute Gasteiger partial charge is 0.159 e. The third-order valence-corrected chi connectivity index (χ3v) is 3.69. The number of rotatable bonds is 5. The van der Waals surface area contributed by atoms with Gasteiger partial charge in [0.05, 0.1) is 6.10 Å². The Balaban J connectivity index is 2.60. The molecule has 4 nitrogen and oxygen atoms in total. The fourth-order valence-electron chi connectivity index (χ4n) is 2.24. The van der Waals surface area contributed by atoms with Gasteiger partial charge in [0.25, 0.3) is 0 Å². The van der Waals surface area contributed by atoms with Crippen LogP contribution in [0.3, 0.4) is 0 Å². The number of hydrogen-bond acceptors (Lipinski definition) is 4. The zero-order valence-electron chi connectivity index (χ0n) is 12.1. The second-order valence-electron chi connectivity index (χ2n) is 5.96. The van der Waals surface area contributed by atoms with Crippen LogP contribution in [0.15, 0.2) is 23.8 Å². The number of aliphatic hydroxyl groups excluding tert-OH is 1. The summed E-state index contributed by atoms with van der Waals surface area (Å²) in [6.07, 6.45) is 5.94. The van der Waals surface area contributed by atoms with Crippen molar-refractivity contribution in [1.29, 1.82) is 0 Å². The molecule has 0 unspecified atom stereocenters. The highest BCUT2D eigenvalue weighted by Crippen LogP contribution is 2.29. The lowest BCUT2D eigenvalue weighted by Gasteiger charge is -2.28. The molecule has 108 valence electrons. The largest absolute Gasteiger partial charge is 0.389 e. The Bertz CT molecular complexity index is 382. The van der Waals surface area contributed by atoms with E-state index >= 15 is 0 Å². The van der Waals surface area contributed by atoms with Crippen LogP contribution < -0.4 is 0 Å². The first kappa shape index (κ1) is 16.1. The van der Waals surface area contributed by atoms with Crippen LogP contribution in [-0.4, -0.2) is 27.9 Å². The topological polar surface area (TPSA) is 66.8 Å². The van der Waals surface area contributed by atoms with E-state index in [2.05, 4.69) is 4.89 Å². The molecule has 1 rings (SSSR count). The molecule has 0 aromatic heterocycles. The minimum Gasteiger partial charge on any atom is -0.389 e. The minimum atomic E-state index is -0.716. The van der Waals surface area contributed by atoms with Crippen molar-refractivity contribution in [3.8, 4) is 0 Å². The zero-order valence-corrected chi connectivity index (χ0v) is 12.1. The highest BCUT2D eigenvalue weighted by Gasteiger charge is 2.30. The number of aliphatic hydroxyl groups is 1. The molecule has 1 aliphatic carbocycles. The van der Waals surface area contributed by atoms with E-state index in [0.29, 0.717) is 12.8 Å². The van der Waals surface area contributed by atoms with Gasteiger partial charge in [0.2, 0.25) is 0 Å². The second kappa shape index (κ2) is 6.46. The molecule has 2 N–H and O–H groups in total. The SMILES string of the molecule is CC1=CC(=O)[C@H]([C@H](C)CC=CC(C)(C)OO)C[C@@H]1O. The maximum atomic E-state index is 11.9. The van der Waals surface area contributed by atoms with Crippen LogP contribution in [0, 0.1) is 11.8 Å². The summed E-state index contributed by atoms with van der Waals surface area (Å²) in [5.74, 6) is 0.111. The minimum absolute atomic E-state index is 0.0985. The van der Waals surface area contributed by atoms with Crippen LogP contribution in [0.4, 0.5) is 0 Å². The van der Waals surface area contributed by atoms with Crippen LogP contribution in [0.1, 0.15) is 40.5 Å². The predicted octanol–water partition coefficient (Wildman–Crippen LogP) is 2.73. The molecule has 0 saturated carbocycles. The molecule has 0 heterocycles. The van der Waals surface area contributed by atoms with Gasteiger partial charge >= 0.3 is 0 Å². The summed E-state index contributed by atoms with van der Waals surface area (Å²) in [7, 11) is 0. The maximum absolute atomic E-state index is 11.9. The van der Waals surface area contributed by atoms with Crippen molar-refractivity contribution in [3.63, 3.8) is 0 Å². The molecule has 0 radical (unpaired) electrons. The van der Waals surface area contributed by atoms with Crippen molar-refractivity contribution < 1.29 is 20.0 Å². The van der Waals surface area contributed by atoms with Gasteiger partial charge in [-0.3, -0.25) is 10.1 Å². The number of ketones is 1. The van der Waals surface area contributed by atoms with Crippen molar-refractivity contribution in [2.45, 2.75) is 52.2 Å². The highest BCUT2D eigenvalue weighted by atomic mass is 17.1. The molecule has 4 heteroatoms. The predicted molar refractivity (Wildman–Crippen MR) is 73.6 cm³/mol. The summed E-state index contributed by atoms with van der Waals surface area (Å²) in [4.78, 5) is 16.2. The molecule has 0 spiro atoms. The third kappa shape index (κ3) is 4.56.